The zero-order valence-electron chi connectivity index (χ0n) is 15.0. The molecule has 1 aliphatic carbocycles. The Morgan fingerprint density at radius 3 is 2.38 bits per heavy atom. The van der Waals surface area contributed by atoms with Gasteiger partial charge in [0.25, 0.3) is 5.91 Å². The van der Waals surface area contributed by atoms with E-state index in [9.17, 15) is 13.2 Å². The van der Waals surface area contributed by atoms with E-state index in [0.29, 0.717) is 12.1 Å². The predicted molar refractivity (Wildman–Crippen MR) is 102 cm³/mol. The van der Waals surface area contributed by atoms with Crippen molar-refractivity contribution in [1.29, 1.82) is 0 Å². The Labute approximate surface area is 154 Å². The highest BCUT2D eigenvalue weighted by Gasteiger charge is 2.44. The van der Waals surface area contributed by atoms with Crippen LogP contribution in [0.5, 0.6) is 0 Å². The van der Waals surface area contributed by atoms with Gasteiger partial charge in [-0.25, -0.2) is 13.1 Å². The first kappa shape index (κ1) is 18.6. The van der Waals surface area contributed by atoms with E-state index in [2.05, 4.69) is 22.2 Å². The van der Waals surface area contributed by atoms with E-state index in [1.165, 1.54) is 17.7 Å². The molecule has 0 saturated heterocycles. The first-order chi connectivity index (χ1) is 12.3. The fourth-order valence-electron chi connectivity index (χ4n) is 3.04. The number of hydrogen-bond donors (Lipinski definition) is 2. The van der Waals surface area contributed by atoms with Crippen molar-refractivity contribution in [2.24, 2.45) is 0 Å². The zero-order valence-corrected chi connectivity index (χ0v) is 15.8. The van der Waals surface area contributed by atoms with Crippen LogP contribution in [0.15, 0.2) is 59.5 Å². The molecule has 26 heavy (non-hydrogen) atoms. The van der Waals surface area contributed by atoms with E-state index in [1.54, 1.807) is 26.0 Å². The molecule has 0 radical (unpaired) electrons. The van der Waals surface area contributed by atoms with Crippen molar-refractivity contribution in [1.82, 2.24) is 10.0 Å². The van der Waals surface area contributed by atoms with Gasteiger partial charge in [-0.1, -0.05) is 36.4 Å². The number of carbonyl (C=O) groups excluding carboxylic acids is 1. The molecule has 0 aromatic heterocycles. The second-order valence-electron chi connectivity index (χ2n) is 7.13. The van der Waals surface area contributed by atoms with Crippen LogP contribution in [0.1, 0.15) is 42.6 Å². The molecule has 1 fully saturated rings. The fourth-order valence-corrected chi connectivity index (χ4v) is 4.34. The van der Waals surface area contributed by atoms with Gasteiger partial charge in [0.05, 0.1) is 4.90 Å². The molecule has 0 unspecified atom stereocenters. The molecule has 0 heterocycles. The molecular formula is C20H24N2O3S. The van der Waals surface area contributed by atoms with Crippen LogP contribution in [0, 0.1) is 0 Å². The molecule has 5 nitrogen and oxygen atoms in total. The van der Waals surface area contributed by atoms with Gasteiger partial charge in [0.1, 0.15) is 0 Å². The predicted octanol–water partition coefficient (Wildman–Crippen LogP) is 2.83. The average Bonchev–Trinajstić information content (AvgIpc) is 3.41. The average molecular weight is 372 g/mol. The third kappa shape index (κ3) is 4.14. The van der Waals surface area contributed by atoms with Crippen LogP contribution in [0.4, 0.5) is 0 Å². The SMILES string of the molecule is CC(C)NS(=O)(=O)c1cccc(C(=O)NCC2(c3ccccc3)CC2)c1. The maximum atomic E-state index is 12.5. The second-order valence-corrected chi connectivity index (χ2v) is 8.85. The maximum Gasteiger partial charge on any atom is 0.251 e. The molecule has 2 aromatic rings. The molecule has 1 amide bonds. The first-order valence-corrected chi connectivity index (χ1v) is 10.3. The number of hydrogen-bond acceptors (Lipinski definition) is 3. The molecule has 6 heteroatoms. The Bertz CT molecular complexity index is 888. The normalized spacial score (nSPS) is 15.7. The minimum Gasteiger partial charge on any atom is -0.351 e. The summed E-state index contributed by atoms with van der Waals surface area (Å²) in [5.74, 6) is -0.256. The van der Waals surface area contributed by atoms with Crippen molar-refractivity contribution in [3.05, 3.63) is 65.7 Å². The molecule has 0 bridgehead atoms. The number of amides is 1. The van der Waals surface area contributed by atoms with Crippen molar-refractivity contribution >= 4 is 15.9 Å². The molecule has 0 aliphatic heterocycles. The molecule has 2 aromatic carbocycles. The minimum absolute atomic E-state index is 0.0137. The van der Waals surface area contributed by atoms with Crippen molar-refractivity contribution in [3.63, 3.8) is 0 Å². The summed E-state index contributed by atoms with van der Waals surface area (Å²) in [6.07, 6.45) is 2.09. The molecular weight excluding hydrogens is 348 g/mol. The lowest BCUT2D eigenvalue weighted by Crippen LogP contribution is -2.33. The number of rotatable bonds is 7. The number of sulfonamides is 1. The van der Waals surface area contributed by atoms with Crippen LogP contribution >= 0.6 is 0 Å². The van der Waals surface area contributed by atoms with Crippen molar-refractivity contribution in [2.45, 2.75) is 43.0 Å². The summed E-state index contributed by atoms with van der Waals surface area (Å²) >= 11 is 0. The summed E-state index contributed by atoms with van der Waals surface area (Å²) in [6, 6.07) is 16.1. The summed E-state index contributed by atoms with van der Waals surface area (Å²) in [5, 5.41) is 2.97. The molecule has 0 atom stereocenters. The fraction of sp³-hybridized carbons (Fsp3) is 0.350. The topological polar surface area (TPSA) is 75.3 Å². The highest BCUT2D eigenvalue weighted by atomic mass is 32.2. The minimum atomic E-state index is -3.62. The van der Waals surface area contributed by atoms with Crippen molar-refractivity contribution in [3.8, 4) is 0 Å². The van der Waals surface area contributed by atoms with Crippen LogP contribution < -0.4 is 10.0 Å². The summed E-state index contributed by atoms with van der Waals surface area (Å²) in [6.45, 7) is 4.07. The van der Waals surface area contributed by atoms with Crippen LogP contribution in [0.3, 0.4) is 0 Å². The van der Waals surface area contributed by atoms with E-state index >= 15 is 0 Å². The summed E-state index contributed by atoms with van der Waals surface area (Å²) < 4.78 is 27.1. The molecule has 0 spiro atoms. The lowest BCUT2D eigenvalue weighted by molar-refractivity contribution is 0.0949. The van der Waals surface area contributed by atoms with Crippen LogP contribution in [0.2, 0.25) is 0 Å². The number of carbonyl (C=O) groups is 1. The summed E-state index contributed by atoms with van der Waals surface area (Å²) in [7, 11) is -3.62. The number of nitrogens with one attached hydrogen (secondary N) is 2. The van der Waals surface area contributed by atoms with E-state index in [1.807, 2.05) is 18.2 Å². The Morgan fingerprint density at radius 2 is 1.77 bits per heavy atom. The highest BCUT2D eigenvalue weighted by Crippen LogP contribution is 2.47. The van der Waals surface area contributed by atoms with Crippen LogP contribution in [0.25, 0.3) is 0 Å². The largest absolute Gasteiger partial charge is 0.351 e. The molecule has 138 valence electrons. The second kappa shape index (κ2) is 7.21. The quantitative estimate of drug-likeness (QED) is 0.785. The standard InChI is InChI=1S/C20H24N2O3S/c1-15(2)22-26(24,25)18-10-6-7-16(13-18)19(23)21-14-20(11-12-20)17-8-4-3-5-9-17/h3-10,13,15,22H,11-12,14H2,1-2H3,(H,21,23). The van der Waals surface area contributed by atoms with Crippen LogP contribution in [-0.4, -0.2) is 26.9 Å². The van der Waals surface area contributed by atoms with Gasteiger partial charge in [-0.2, -0.15) is 0 Å². The van der Waals surface area contributed by atoms with E-state index in [-0.39, 0.29) is 22.3 Å². The summed E-state index contributed by atoms with van der Waals surface area (Å²) in [4.78, 5) is 12.6. The van der Waals surface area contributed by atoms with Gasteiger partial charge < -0.3 is 5.32 Å². The Morgan fingerprint density at radius 1 is 1.08 bits per heavy atom. The third-order valence-electron chi connectivity index (χ3n) is 4.62. The van der Waals surface area contributed by atoms with Gasteiger partial charge in [-0.15, -0.1) is 0 Å². The van der Waals surface area contributed by atoms with Crippen molar-refractivity contribution < 1.29 is 13.2 Å². The highest BCUT2D eigenvalue weighted by molar-refractivity contribution is 7.89. The zero-order chi connectivity index (χ0) is 18.8. The maximum absolute atomic E-state index is 12.5. The van der Waals surface area contributed by atoms with Gasteiger partial charge in [0, 0.05) is 23.6 Å². The van der Waals surface area contributed by atoms with Gasteiger partial charge in [-0.3, -0.25) is 4.79 Å². The lowest BCUT2D eigenvalue weighted by atomic mass is 9.96. The van der Waals surface area contributed by atoms with Crippen LogP contribution in [-0.2, 0) is 15.4 Å². The third-order valence-corrected chi connectivity index (χ3v) is 6.28. The van der Waals surface area contributed by atoms with E-state index in [4.69, 9.17) is 0 Å². The molecule has 1 aliphatic rings. The Hall–Kier alpha value is -2.18. The molecule has 1 saturated carbocycles. The van der Waals surface area contributed by atoms with Gasteiger partial charge in [0.2, 0.25) is 10.0 Å². The Balaban J connectivity index is 1.70. The molecule has 3 rings (SSSR count). The van der Waals surface area contributed by atoms with Gasteiger partial charge in [0.15, 0.2) is 0 Å². The van der Waals surface area contributed by atoms with E-state index in [0.717, 1.165) is 12.8 Å². The molecule has 2 N–H and O–H groups in total. The summed E-state index contributed by atoms with van der Waals surface area (Å²) in [5.41, 5.74) is 1.60. The van der Waals surface area contributed by atoms with E-state index < -0.39 is 10.0 Å². The smallest absolute Gasteiger partial charge is 0.251 e. The first-order valence-electron chi connectivity index (χ1n) is 8.79. The van der Waals surface area contributed by atoms with Gasteiger partial charge in [-0.05, 0) is 50.5 Å². The van der Waals surface area contributed by atoms with Crippen molar-refractivity contribution in [2.75, 3.05) is 6.54 Å². The monoisotopic (exact) mass is 372 g/mol. The lowest BCUT2D eigenvalue weighted by Gasteiger charge is -2.17. The van der Waals surface area contributed by atoms with Gasteiger partial charge >= 0.3 is 0 Å². The number of benzene rings is 2. The Kier molecular flexibility index (Phi) is 5.16.